The maximum absolute atomic E-state index is 13.3. The van der Waals surface area contributed by atoms with E-state index in [1.807, 2.05) is 19.9 Å². The van der Waals surface area contributed by atoms with E-state index in [0.29, 0.717) is 30.9 Å². The van der Waals surface area contributed by atoms with E-state index in [1.54, 1.807) is 29.0 Å². The SMILES string of the molecule is CC(C)OCCCn1c(=NC(=O)c2ccc(F)cc2)c(C#N)cc2c(=O)n3ccccc3nc21. The summed E-state index contributed by atoms with van der Waals surface area (Å²) in [5, 5.41) is 10.1. The molecule has 8 nitrogen and oxygen atoms in total. The van der Waals surface area contributed by atoms with E-state index in [0.717, 1.165) is 0 Å². The van der Waals surface area contributed by atoms with E-state index < -0.39 is 11.7 Å². The Morgan fingerprint density at radius 2 is 2.00 bits per heavy atom. The number of ether oxygens (including phenoxy) is 1. The number of benzene rings is 1. The summed E-state index contributed by atoms with van der Waals surface area (Å²) in [5.74, 6) is -1.11. The van der Waals surface area contributed by atoms with Crippen LogP contribution in [0.15, 0.2) is 64.5 Å². The number of halogens is 1. The van der Waals surface area contributed by atoms with E-state index in [-0.39, 0.29) is 33.7 Å². The second-order valence-electron chi connectivity index (χ2n) is 7.93. The number of nitriles is 1. The highest BCUT2D eigenvalue weighted by molar-refractivity contribution is 5.95. The van der Waals surface area contributed by atoms with Gasteiger partial charge in [-0.2, -0.15) is 10.3 Å². The lowest BCUT2D eigenvalue weighted by Crippen LogP contribution is -2.30. The minimum atomic E-state index is -0.638. The van der Waals surface area contributed by atoms with Gasteiger partial charge in [0.25, 0.3) is 11.5 Å². The number of carbonyl (C=O) groups is 1. The van der Waals surface area contributed by atoms with Crippen molar-refractivity contribution >= 4 is 22.6 Å². The maximum atomic E-state index is 13.3. The summed E-state index contributed by atoms with van der Waals surface area (Å²) in [5.41, 5.74) is 0.717. The van der Waals surface area contributed by atoms with E-state index in [4.69, 9.17) is 4.74 Å². The second kappa shape index (κ2) is 9.77. The molecule has 0 bridgehead atoms. The van der Waals surface area contributed by atoms with Gasteiger partial charge in [0.05, 0.1) is 17.1 Å². The van der Waals surface area contributed by atoms with Gasteiger partial charge >= 0.3 is 0 Å². The largest absolute Gasteiger partial charge is 0.379 e. The average molecular weight is 459 g/mol. The smallest absolute Gasteiger partial charge is 0.278 e. The van der Waals surface area contributed by atoms with E-state index >= 15 is 0 Å². The Balaban J connectivity index is 1.97. The van der Waals surface area contributed by atoms with Crippen LogP contribution in [0.4, 0.5) is 4.39 Å². The predicted octanol–water partition coefficient (Wildman–Crippen LogP) is 3.22. The van der Waals surface area contributed by atoms with Crippen molar-refractivity contribution in [1.29, 1.82) is 5.26 Å². The highest BCUT2D eigenvalue weighted by Crippen LogP contribution is 2.12. The van der Waals surface area contributed by atoms with Gasteiger partial charge in [-0.3, -0.25) is 14.0 Å². The molecule has 4 aromatic rings. The summed E-state index contributed by atoms with van der Waals surface area (Å²) in [7, 11) is 0. The van der Waals surface area contributed by atoms with E-state index in [9.17, 15) is 19.2 Å². The zero-order chi connectivity index (χ0) is 24.2. The predicted molar refractivity (Wildman–Crippen MR) is 124 cm³/mol. The molecule has 0 spiro atoms. The average Bonchev–Trinajstić information content (AvgIpc) is 2.83. The van der Waals surface area contributed by atoms with Gasteiger partial charge in [0.15, 0.2) is 5.49 Å². The monoisotopic (exact) mass is 459 g/mol. The number of aromatic nitrogens is 3. The van der Waals surface area contributed by atoms with Gasteiger partial charge in [-0.05, 0) is 62.7 Å². The van der Waals surface area contributed by atoms with Gasteiger partial charge in [-0.1, -0.05) is 6.07 Å². The van der Waals surface area contributed by atoms with Crippen LogP contribution < -0.4 is 11.0 Å². The molecule has 0 radical (unpaired) electrons. The number of amides is 1. The molecule has 0 atom stereocenters. The van der Waals surface area contributed by atoms with Gasteiger partial charge < -0.3 is 9.30 Å². The maximum Gasteiger partial charge on any atom is 0.278 e. The van der Waals surface area contributed by atoms with Crippen molar-refractivity contribution in [3.05, 3.63) is 87.5 Å². The van der Waals surface area contributed by atoms with E-state index in [2.05, 4.69) is 9.98 Å². The van der Waals surface area contributed by atoms with Crippen molar-refractivity contribution in [2.45, 2.75) is 32.9 Å². The molecule has 0 aliphatic carbocycles. The molecule has 0 saturated heterocycles. The van der Waals surface area contributed by atoms with Crippen LogP contribution in [0.3, 0.4) is 0 Å². The fourth-order valence-electron chi connectivity index (χ4n) is 3.59. The molecule has 0 N–H and O–H groups in total. The highest BCUT2D eigenvalue weighted by Gasteiger charge is 2.15. The van der Waals surface area contributed by atoms with Gasteiger partial charge in [0.1, 0.15) is 23.2 Å². The van der Waals surface area contributed by atoms with Crippen LogP contribution in [0.1, 0.15) is 36.2 Å². The summed E-state index contributed by atoms with van der Waals surface area (Å²) >= 11 is 0. The van der Waals surface area contributed by atoms with Crippen LogP contribution >= 0.6 is 0 Å². The van der Waals surface area contributed by atoms with Crippen LogP contribution in [0.2, 0.25) is 0 Å². The quantitative estimate of drug-likeness (QED) is 0.325. The molecule has 0 saturated carbocycles. The summed E-state index contributed by atoms with van der Waals surface area (Å²) in [6.07, 6.45) is 2.19. The fraction of sp³-hybridized carbons (Fsp3) is 0.240. The standard InChI is InChI=1S/C25H22FN5O3/c1-16(2)34-13-5-12-31-22(29-24(32)17-7-9-19(26)10-8-17)18(15-27)14-20-23(31)28-21-6-3-4-11-30(21)25(20)33/h3-4,6-11,14,16H,5,12-13H2,1-2H3. The van der Waals surface area contributed by atoms with Crippen LogP contribution in [0.25, 0.3) is 16.7 Å². The zero-order valence-corrected chi connectivity index (χ0v) is 18.7. The molecule has 3 aromatic heterocycles. The summed E-state index contributed by atoms with van der Waals surface area (Å²) in [6.45, 7) is 4.59. The molecule has 0 aliphatic heterocycles. The van der Waals surface area contributed by atoms with Crippen molar-refractivity contribution in [2.75, 3.05) is 6.61 Å². The third-order valence-electron chi connectivity index (χ3n) is 5.19. The first-order valence-electron chi connectivity index (χ1n) is 10.8. The number of pyridine rings is 2. The van der Waals surface area contributed by atoms with Crippen molar-refractivity contribution in [2.24, 2.45) is 4.99 Å². The topological polar surface area (TPSA) is 102 Å². The molecule has 9 heteroatoms. The van der Waals surface area contributed by atoms with Crippen molar-refractivity contribution in [3.8, 4) is 6.07 Å². The molecule has 0 unspecified atom stereocenters. The lowest BCUT2D eigenvalue weighted by Gasteiger charge is -2.14. The molecule has 0 fully saturated rings. The molecule has 34 heavy (non-hydrogen) atoms. The van der Waals surface area contributed by atoms with Crippen molar-refractivity contribution < 1.29 is 13.9 Å². The first-order valence-corrected chi connectivity index (χ1v) is 10.8. The third-order valence-corrected chi connectivity index (χ3v) is 5.19. The van der Waals surface area contributed by atoms with Crippen molar-refractivity contribution in [1.82, 2.24) is 14.0 Å². The molecular weight excluding hydrogens is 437 g/mol. The third kappa shape index (κ3) is 4.63. The van der Waals surface area contributed by atoms with Crippen LogP contribution in [0, 0.1) is 17.1 Å². The number of fused-ring (bicyclic) bond motifs is 2. The fourth-order valence-corrected chi connectivity index (χ4v) is 3.59. The Morgan fingerprint density at radius 1 is 1.24 bits per heavy atom. The number of rotatable bonds is 6. The van der Waals surface area contributed by atoms with Gasteiger partial charge in [-0.15, -0.1) is 0 Å². The van der Waals surface area contributed by atoms with Crippen LogP contribution in [-0.2, 0) is 11.3 Å². The zero-order valence-electron chi connectivity index (χ0n) is 18.7. The van der Waals surface area contributed by atoms with Gasteiger partial charge in [-0.25, -0.2) is 9.37 Å². The number of aryl methyl sites for hydroxylation is 1. The van der Waals surface area contributed by atoms with Crippen molar-refractivity contribution in [3.63, 3.8) is 0 Å². The molecule has 4 rings (SSSR count). The molecule has 1 amide bonds. The number of carbonyl (C=O) groups excluding carboxylic acids is 1. The minimum Gasteiger partial charge on any atom is -0.379 e. The van der Waals surface area contributed by atoms with Crippen LogP contribution in [-0.4, -0.2) is 32.6 Å². The first kappa shape index (κ1) is 23.0. The number of hydrogen-bond acceptors (Lipinski definition) is 5. The second-order valence-corrected chi connectivity index (χ2v) is 7.93. The molecule has 1 aromatic carbocycles. The van der Waals surface area contributed by atoms with Crippen LogP contribution in [0.5, 0.6) is 0 Å². The summed E-state index contributed by atoms with van der Waals surface area (Å²) in [6, 6.07) is 13.6. The van der Waals surface area contributed by atoms with E-state index in [1.165, 1.54) is 34.7 Å². The Morgan fingerprint density at radius 3 is 2.71 bits per heavy atom. The van der Waals surface area contributed by atoms with Gasteiger partial charge in [0, 0.05) is 24.9 Å². The Bertz CT molecular complexity index is 1550. The lowest BCUT2D eigenvalue weighted by atomic mass is 10.2. The normalized spacial score (nSPS) is 11.9. The first-order chi connectivity index (χ1) is 16.4. The summed E-state index contributed by atoms with van der Waals surface area (Å²) in [4.78, 5) is 34.8. The Kier molecular flexibility index (Phi) is 6.61. The molecule has 3 heterocycles. The molecular formula is C25H22FN5O3. The molecule has 172 valence electrons. The lowest BCUT2D eigenvalue weighted by molar-refractivity contribution is 0.0748. The van der Waals surface area contributed by atoms with Gasteiger partial charge in [0.2, 0.25) is 0 Å². The Labute approximate surface area is 194 Å². The highest BCUT2D eigenvalue weighted by atomic mass is 19.1. The number of hydrogen-bond donors (Lipinski definition) is 0. The summed E-state index contributed by atoms with van der Waals surface area (Å²) < 4.78 is 21.9. The number of nitrogens with zero attached hydrogens (tertiary/aromatic N) is 5. The minimum absolute atomic E-state index is 0.0445. The molecule has 0 aliphatic rings. The Hall–Kier alpha value is -4.16.